The molecule has 2 rings (SSSR count). The summed E-state index contributed by atoms with van der Waals surface area (Å²) < 4.78 is 3.02. The van der Waals surface area contributed by atoms with Gasteiger partial charge in [0.05, 0.1) is 17.5 Å². The summed E-state index contributed by atoms with van der Waals surface area (Å²) in [5.74, 6) is -0.725. The molecule has 0 bridgehead atoms. The van der Waals surface area contributed by atoms with E-state index in [9.17, 15) is 9.59 Å². The van der Waals surface area contributed by atoms with Gasteiger partial charge in [-0.15, -0.1) is 0 Å². The van der Waals surface area contributed by atoms with Gasteiger partial charge < -0.3 is 11.1 Å². The molecule has 0 radical (unpaired) electrons. The second-order valence-corrected chi connectivity index (χ2v) is 4.52. The smallest absolute Gasteiger partial charge is 0.260 e. The van der Waals surface area contributed by atoms with E-state index in [2.05, 4.69) is 15.5 Å². The van der Waals surface area contributed by atoms with Crippen LogP contribution in [0, 0.1) is 13.8 Å². The Morgan fingerprint density at radius 3 is 2.40 bits per heavy atom. The topological polar surface area (TPSA) is 108 Å². The van der Waals surface area contributed by atoms with Crippen LogP contribution >= 0.6 is 0 Å². The Labute approximate surface area is 115 Å². The van der Waals surface area contributed by atoms with Crippen molar-refractivity contribution in [2.75, 3.05) is 5.32 Å². The van der Waals surface area contributed by atoms with Gasteiger partial charge in [0.1, 0.15) is 11.4 Å². The van der Waals surface area contributed by atoms with E-state index in [4.69, 9.17) is 5.73 Å². The molecule has 0 fully saturated rings. The number of carbonyl (C=O) groups is 2. The number of nitrogens with one attached hydrogen (secondary N) is 1. The minimum atomic E-state index is -0.645. The molecule has 2 heterocycles. The van der Waals surface area contributed by atoms with E-state index >= 15 is 0 Å². The van der Waals surface area contributed by atoms with E-state index in [0.29, 0.717) is 11.3 Å². The highest BCUT2D eigenvalue weighted by Gasteiger charge is 2.21. The minimum Gasteiger partial charge on any atom is -0.365 e. The van der Waals surface area contributed by atoms with Gasteiger partial charge in [-0.3, -0.25) is 19.0 Å². The normalized spacial score (nSPS) is 10.6. The number of hydrogen-bond donors (Lipinski definition) is 2. The number of aryl methyl sites for hydroxylation is 3. The first-order valence-corrected chi connectivity index (χ1v) is 5.96. The van der Waals surface area contributed by atoms with Gasteiger partial charge in [-0.05, 0) is 13.8 Å². The Morgan fingerprint density at radius 1 is 1.25 bits per heavy atom. The van der Waals surface area contributed by atoms with Gasteiger partial charge in [-0.2, -0.15) is 10.2 Å². The fraction of sp³-hybridized carbons (Fsp3) is 0.333. The fourth-order valence-corrected chi connectivity index (χ4v) is 2.04. The number of primary amides is 1. The third kappa shape index (κ3) is 2.15. The summed E-state index contributed by atoms with van der Waals surface area (Å²) in [6, 6.07) is 0. The molecule has 2 aromatic heterocycles. The Morgan fingerprint density at radius 2 is 1.90 bits per heavy atom. The molecule has 106 valence electrons. The Hall–Kier alpha value is -2.64. The third-order valence-corrected chi connectivity index (χ3v) is 3.17. The first kappa shape index (κ1) is 13.8. The molecule has 0 atom stereocenters. The molecule has 0 aliphatic rings. The molecule has 0 aliphatic heterocycles. The zero-order valence-electron chi connectivity index (χ0n) is 11.8. The molecule has 20 heavy (non-hydrogen) atoms. The fourth-order valence-electron chi connectivity index (χ4n) is 2.04. The van der Waals surface area contributed by atoms with Crippen LogP contribution in [0.15, 0.2) is 6.20 Å². The highest BCUT2D eigenvalue weighted by molar-refractivity contribution is 6.08. The molecule has 8 nitrogen and oxygen atoms in total. The number of aromatic nitrogens is 4. The van der Waals surface area contributed by atoms with Crippen molar-refractivity contribution in [2.45, 2.75) is 13.8 Å². The average Bonchev–Trinajstić information content (AvgIpc) is 2.82. The summed E-state index contributed by atoms with van der Waals surface area (Å²) in [6.45, 7) is 3.55. The quantitative estimate of drug-likeness (QED) is 0.830. The number of nitrogens with two attached hydrogens (primary N) is 1. The predicted octanol–water partition coefficient (Wildman–Crippen LogP) is 0.122. The maximum Gasteiger partial charge on any atom is 0.260 e. The predicted molar refractivity (Wildman–Crippen MR) is 72.4 cm³/mol. The van der Waals surface area contributed by atoms with Crippen LogP contribution in [0.5, 0.6) is 0 Å². The van der Waals surface area contributed by atoms with Crippen LogP contribution in [-0.4, -0.2) is 31.4 Å². The van der Waals surface area contributed by atoms with Gasteiger partial charge in [0.15, 0.2) is 0 Å². The largest absolute Gasteiger partial charge is 0.365 e. The van der Waals surface area contributed by atoms with Crippen LogP contribution in [0.2, 0.25) is 0 Å². The van der Waals surface area contributed by atoms with Crippen molar-refractivity contribution in [3.63, 3.8) is 0 Å². The first-order chi connectivity index (χ1) is 9.32. The monoisotopic (exact) mass is 276 g/mol. The van der Waals surface area contributed by atoms with Crippen LogP contribution < -0.4 is 11.1 Å². The molecule has 0 aliphatic carbocycles. The maximum absolute atomic E-state index is 12.3. The van der Waals surface area contributed by atoms with Crippen molar-refractivity contribution in [2.24, 2.45) is 19.8 Å². The molecule has 8 heteroatoms. The average molecular weight is 276 g/mol. The van der Waals surface area contributed by atoms with Gasteiger partial charge >= 0.3 is 0 Å². The molecule has 3 N–H and O–H groups in total. The number of carbonyl (C=O) groups excluding carboxylic acids is 2. The van der Waals surface area contributed by atoms with E-state index in [-0.39, 0.29) is 17.3 Å². The standard InChI is InChI=1S/C12H16N6O2/c1-6-9(7(2)17(3)16-6)12(20)15-11-8(10(13)19)5-14-18(11)4/h5H,1-4H3,(H2,13,19)(H,15,20). The summed E-state index contributed by atoms with van der Waals surface area (Å²) >= 11 is 0. The molecule has 0 unspecified atom stereocenters. The van der Waals surface area contributed by atoms with E-state index < -0.39 is 5.91 Å². The van der Waals surface area contributed by atoms with E-state index in [1.807, 2.05) is 0 Å². The van der Waals surface area contributed by atoms with Gasteiger partial charge in [0, 0.05) is 19.8 Å². The molecule has 0 spiro atoms. The number of rotatable bonds is 3. The zero-order chi connectivity index (χ0) is 15.0. The molecule has 0 saturated heterocycles. The summed E-state index contributed by atoms with van der Waals surface area (Å²) in [5, 5.41) is 10.8. The SMILES string of the molecule is Cc1nn(C)c(C)c1C(=O)Nc1c(C(N)=O)cnn1C. The highest BCUT2D eigenvalue weighted by atomic mass is 16.2. The molecule has 0 saturated carbocycles. The van der Waals surface area contributed by atoms with Crippen molar-refractivity contribution >= 4 is 17.6 Å². The third-order valence-electron chi connectivity index (χ3n) is 3.17. The van der Waals surface area contributed by atoms with Crippen LogP contribution in [0.1, 0.15) is 32.1 Å². The van der Waals surface area contributed by atoms with Crippen molar-refractivity contribution in [3.8, 4) is 0 Å². The lowest BCUT2D eigenvalue weighted by Crippen LogP contribution is -2.20. The summed E-state index contributed by atoms with van der Waals surface area (Å²) in [7, 11) is 3.38. The summed E-state index contributed by atoms with van der Waals surface area (Å²) in [6.07, 6.45) is 1.32. The molecular weight excluding hydrogens is 260 g/mol. The molecule has 2 aromatic rings. The van der Waals surface area contributed by atoms with Crippen molar-refractivity contribution in [1.82, 2.24) is 19.6 Å². The summed E-state index contributed by atoms with van der Waals surface area (Å²) in [5.41, 5.74) is 7.24. The van der Waals surface area contributed by atoms with E-state index in [1.54, 1.807) is 32.6 Å². The molecule has 0 aromatic carbocycles. The van der Waals surface area contributed by atoms with Crippen molar-refractivity contribution in [1.29, 1.82) is 0 Å². The number of amides is 2. The van der Waals surface area contributed by atoms with Crippen LogP contribution in [0.4, 0.5) is 5.82 Å². The number of hydrogen-bond acceptors (Lipinski definition) is 4. The van der Waals surface area contributed by atoms with Crippen molar-refractivity contribution in [3.05, 3.63) is 28.7 Å². The van der Waals surface area contributed by atoms with Gasteiger partial charge in [-0.1, -0.05) is 0 Å². The second-order valence-electron chi connectivity index (χ2n) is 4.52. The lowest BCUT2D eigenvalue weighted by atomic mass is 10.2. The lowest BCUT2D eigenvalue weighted by Gasteiger charge is -2.07. The Balaban J connectivity index is 2.38. The van der Waals surface area contributed by atoms with E-state index in [0.717, 1.165) is 5.69 Å². The highest BCUT2D eigenvalue weighted by Crippen LogP contribution is 2.17. The summed E-state index contributed by atoms with van der Waals surface area (Å²) in [4.78, 5) is 23.6. The van der Waals surface area contributed by atoms with Gasteiger partial charge in [0.2, 0.25) is 0 Å². The Bertz CT molecular complexity index is 697. The van der Waals surface area contributed by atoms with Crippen LogP contribution in [0.25, 0.3) is 0 Å². The molecule has 2 amide bonds. The van der Waals surface area contributed by atoms with Crippen LogP contribution in [0.3, 0.4) is 0 Å². The van der Waals surface area contributed by atoms with Gasteiger partial charge in [-0.25, -0.2) is 0 Å². The van der Waals surface area contributed by atoms with E-state index in [1.165, 1.54) is 10.9 Å². The zero-order valence-corrected chi connectivity index (χ0v) is 11.8. The number of anilines is 1. The second kappa shape index (κ2) is 4.80. The van der Waals surface area contributed by atoms with Crippen LogP contribution in [-0.2, 0) is 14.1 Å². The lowest BCUT2D eigenvalue weighted by molar-refractivity contribution is 0.100. The number of nitrogens with zero attached hydrogens (tertiary/aromatic N) is 4. The van der Waals surface area contributed by atoms with Crippen molar-refractivity contribution < 1.29 is 9.59 Å². The molecular formula is C12H16N6O2. The van der Waals surface area contributed by atoms with Gasteiger partial charge in [0.25, 0.3) is 11.8 Å². The first-order valence-electron chi connectivity index (χ1n) is 5.96. The maximum atomic E-state index is 12.3. The minimum absolute atomic E-state index is 0.167. The Kier molecular flexibility index (Phi) is 3.31.